The molecule has 39 heavy (non-hydrogen) atoms. The van der Waals surface area contributed by atoms with Crippen molar-refractivity contribution in [2.75, 3.05) is 13.1 Å². The van der Waals surface area contributed by atoms with Crippen LogP contribution in [0.1, 0.15) is 44.2 Å². The lowest BCUT2D eigenvalue weighted by Gasteiger charge is -2.25. The number of aliphatic carboxylic acids is 1. The number of hydrogen-bond acceptors (Lipinski definition) is 9. The van der Waals surface area contributed by atoms with Gasteiger partial charge in [-0.15, -0.1) is 0 Å². The Morgan fingerprint density at radius 1 is 0.923 bits per heavy atom. The van der Waals surface area contributed by atoms with Gasteiger partial charge in [0.2, 0.25) is 23.6 Å². The predicted octanol–water partition coefficient (Wildman–Crippen LogP) is -4.12. The molecular formula is C22H39N11O6. The highest BCUT2D eigenvalue weighted by Crippen LogP contribution is 2.07. The Bertz CT molecular complexity index is 981. The van der Waals surface area contributed by atoms with Crippen molar-refractivity contribution in [2.24, 2.45) is 33.7 Å². The molecule has 218 valence electrons. The number of primary amides is 1. The number of rotatable bonds is 19. The minimum atomic E-state index is -1.32. The summed E-state index contributed by atoms with van der Waals surface area (Å²) < 4.78 is 0. The van der Waals surface area contributed by atoms with Crippen molar-refractivity contribution in [2.45, 2.75) is 69.1 Å². The normalized spacial score (nSPS) is 13.8. The summed E-state index contributed by atoms with van der Waals surface area (Å²) in [4.78, 5) is 72.1. The number of aliphatic imine (C=N–C) groups is 1. The van der Waals surface area contributed by atoms with E-state index in [-0.39, 0.29) is 38.2 Å². The standard InChI is InChI=1S/C22H39N11O6/c23-6-2-1-4-14(31-18(35)13(24)9-17(25)34)19(36)32-15(5-3-7-29-22(26)27)20(37)33-16(21(38)39)8-12-10-28-11-30-12/h10-11,13-16H,1-9,23-24H2,(H2,25,34)(H,28,30)(H,31,35)(H,32,36)(H,33,37)(H,38,39)(H4,26,27,29). The molecule has 17 heteroatoms. The highest BCUT2D eigenvalue weighted by Gasteiger charge is 2.30. The van der Waals surface area contributed by atoms with Gasteiger partial charge in [0.05, 0.1) is 18.8 Å². The van der Waals surface area contributed by atoms with E-state index in [9.17, 15) is 29.1 Å². The van der Waals surface area contributed by atoms with E-state index in [1.807, 2.05) is 0 Å². The summed E-state index contributed by atoms with van der Waals surface area (Å²) in [6.45, 7) is 0.503. The van der Waals surface area contributed by atoms with Crippen LogP contribution in [0.2, 0.25) is 0 Å². The van der Waals surface area contributed by atoms with Crippen LogP contribution in [-0.4, -0.2) is 87.9 Å². The summed E-state index contributed by atoms with van der Waals surface area (Å²) in [6, 6.07) is -4.90. The fraction of sp³-hybridized carbons (Fsp3) is 0.591. The maximum atomic E-state index is 13.2. The average Bonchev–Trinajstić information content (AvgIpc) is 3.37. The highest BCUT2D eigenvalue weighted by atomic mass is 16.4. The van der Waals surface area contributed by atoms with E-state index in [2.05, 4.69) is 30.9 Å². The topological polar surface area (TPSA) is 313 Å². The molecule has 0 saturated heterocycles. The summed E-state index contributed by atoms with van der Waals surface area (Å²) >= 11 is 0. The summed E-state index contributed by atoms with van der Waals surface area (Å²) in [5.41, 5.74) is 27.4. The van der Waals surface area contributed by atoms with Crippen molar-refractivity contribution >= 4 is 35.6 Å². The molecule has 17 nitrogen and oxygen atoms in total. The van der Waals surface area contributed by atoms with Crippen molar-refractivity contribution in [1.82, 2.24) is 25.9 Å². The molecule has 1 aromatic rings. The van der Waals surface area contributed by atoms with Crippen LogP contribution in [0.15, 0.2) is 17.5 Å². The van der Waals surface area contributed by atoms with Gasteiger partial charge in [0.1, 0.15) is 18.1 Å². The van der Waals surface area contributed by atoms with Gasteiger partial charge in [-0.1, -0.05) is 0 Å². The first-order valence-electron chi connectivity index (χ1n) is 12.3. The molecule has 0 aromatic carbocycles. The van der Waals surface area contributed by atoms with Crippen LogP contribution in [0.5, 0.6) is 0 Å². The van der Waals surface area contributed by atoms with Gasteiger partial charge in [-0.05, 0) is 38.6 Å². The number of nitrogens with one attached hydrogen (secondary N) is 4. The van der Waals surface area contributed by atoms with E-state index in [0.717, 1.165) is 0 Å². The zero-order valence-corrected chi connectivity index (χ0v) is 21.6. The van der Waals surface area contributed by atoms with Crippen molar-refractivity contribution in [1.29, 1.82) is 0 Å². The van der Waals surface area contributed by atoms with Crippen LogP contribution in [0, 0.1) is 0 Å². The summed E-state index contributed by atoms with van der Waals surface area (Å²) in [7, 11) is 0. The van der Waals surface area contributed by atoms with Gasteiger partial charge in [0, 0.05) is 24.9 Å². The van der Waals surface area contributed by atoms with Gasteiger partial charge in [-0.2, -0.15) is 0 Å². The smallest absolute Gasteiger partial charge is 0.326 e. The van der Waals surface area contributed by atoms with E-state index >= 15 is 0 Å². The zero-order valence-electron chi connectivity index (χ0n) is 21.6. The Labute approximate surface area is 225 Å². The van der Waals surface area contributed by atoms with Crippen molar-refractivity contribution in [3.8, 4) is 0 Å². The van der Waals surface area contributed by atoms with Crippen LogP contribution in [-0.2, 0) is 30.4 Å². The molecule has 0 spiro atoms. The Morgan fingerprint density at radius 3 is 2.03 bits per heavy atom. The first-order chi connectivity index (χ1) is 18.4. The van der Waals surface area contributed by atoms with Gasteiger partial charge in [-0.25, -0.2) is 9.78 Å². The number of carbonyl (C=O) groups excluding carboxylic acids is 4. The number of carboxylic acids is 1. The summed E-state index contributed by atoms with van der Waals surface area (Å²) in [5, 5.41) is 17.1. The van der Waals surface area contributed by atoms with Crippen molar-refractivity contribution < 1.29 is 29.1 Å². The van der Waals surface area contributed by atoms with Crippen LogP contribution in [0.25, 0.3) is 0 Å². The number of aromatic amines is 1. The number of hydrogen-bond donors (Lipinski definition) is 10. The number of guanidine groups is 1. The van der Waals surface area contributed by atoms with E-state index in [1.165, 1.54) is 12.5 Å². The molecule has 4 unspecified atom stereocenters. The molecule has 1 rings (SSSR count). The number of carbonyl (C=O) groups is 5. The van der Waals surface area contributed by atoms with Gasteiger partial charge in [-0.3, -0.25) is 24.2 Å². The Balaban J connectivity index is 3.05. The number of amides is 4. The first-order valence-corrected chi connectivity index (χ1v) is 12.3. The number of aromatic nitrogens is 2. The molecule has 1 heterocycles. The minimum Gasteiger partial charge on any atom is -0.480 e. The second-order valence-corrected chi connectivity index (χ2v) is 8.81. The average molecular weight is 554 g/mol. The van der Waals surface area contributed by atoms with Crippen LogP contribution < -0.4 is 44.6 Å². The number of H-pyrrole nitrogens is 1. The molecule has 0 fully saturated rings. The van der Waals surface area contributed by atoms with Crippen LogP contribution in [0.3, 0.4) is 0 Å². The molecule has 0 bridgehead atoms. The fourth-order valence-electron chi connectivity index (χ4n) is 3.48. The first kappa shape index (κ1) is 32.8. The van der Waals surface area contributed by atoms with Crippen LogP contribution in [0.4, 0.5) is 0 Å². The molecule has 4 atom stereocenters. The zero-order chi connectivity index (χ0) is 29.4. The maximum absolute atomic E-state index is 13.2. The van der Waals surface area contributed by atoms with E-state index in [0.29, 0.717) is 25.1 Å². The van der Waals surface area contributed by atoms with E-state index in [1.54, 1.807) is 0 Å². The largest absolute Gasteiger partial charge is 0.480 e. The summed E-state index contributed by atoms with van der Waals surface area (Å²) in [5.74, 6) is -4.49. The third-order valence-corrected chi connectivity index (χ3v) is 5.51. The lowest BCUT2D eigenvalue weighted by atomic mass is 10.0. The Kier molecular flexibility index (Phi) is 14.5. The fourth-order valence-corrected chi connectivity index (χ4v) is 3.48. The van der Waals surface area contributed by atoms with Gasteiger partial charge in [0.25, 0.3) is 0 Å². The number of nitrogens with zero attached hydrogens (tertiary/aromatic N) is 2. The van der Waals surface area contributed by atoms with Crippen LogP contribution >= 0.6 is 0 Å². The highest BCUT2D eigenvalue weighted by molar-refractivity contribution is 5.95. The molecular weight excluding hydrogens is 514 g/mol. The maximum Gasteiger partial charge on any atom is 0.326 e. The van der Waals surface area contributed by atoms with Crippen molar-refractivity contribution in [3.05, 3.63) is 18.2 Å². The number of imidazole rings is 1. The lowest BCUT2D eigenvalue weighted by Crippen LogP contribution is -2.57. The summed E-state index contributed by atoms with van der Waals surface area (Å²) in [6.07, 6.45) is 3.80. The predicted molar refractivity (Wildman–Crippen MR) is 140 cm³/mol. The number of carboxylic acid groups (broad SMARTS) is 1. The van der Waals surface area contributed by atoms with E-state index in [4.69, 9.17) is 28.7 Å². The number of nitrogens with two attached hydrogens (primary N) is 5. The quantitative estimate of drug-likeness (QED) is 0.0445. The monoisotopic (exact) mass is 553 g/mol. The lowest BCUT2D eigenvalue weighted by molar-refractivity contribution is -0.142. The molecule has 0 aliphatic rings. The third kappa shape index (κ3) is 13.2. The molecule has 4 amide bonds. The Morgan fingerprint density at radius 2 is 1.51 bits per heavy atom. The van der Waals surface area contributed by atoms with Crippen molar-refractivity contribution in [3.63, 3.8) is 0 Å². The third-order valence-electron chi connectivity index (χ3n) is 5.51. The molecule has 1 aromatic heterocycles. The van der Waals surface area contributed by atoms with Gasteiger partial charge < -0.3 is 54.7 Å². The molecule has 0 aliphatic carbocycles. The second-order valence-electron chi connectivity index (χ2n) is 8.81. The molecule has 0 saturated carbocycles. The molecule has 0 aliphatic heterocycles. The van der Waals surface area contributed by atoms with Gasteiger partial charge in [0.15, 0.2) is 5.96 Å². The molecule has 0 radical (unpaired) electrons. The SMILES string of the molecule is NCCCCC(NC(=O)C(N)CC(N)=O)C(=O)NC(CCCN=C(N)N)C(=O)NC(Cc1cnc[nH]1)C(=O)O. The van der Waals surface area contributed by atoms with Gasteiger partial charge >= 0.3 is 5.97 Å². The second kappa shape index (κ2) is 17.3. The number of unbranched alkanes of at least 4 members (excludes halogenated alkanes) is 1. The minimum absolute atomic E-state index is 0.0510. The van der Waals surface area contributed by atoms with E-state index < -0.39 is 60.2 Å². The Hall–Kier alpha value is -4.25. The molecule has 15 N–H and O–H groups in total.